The fraction of sp³-hybridized carbons (Fsp3) is 0.579. The summed E-state index contributed by atoms with van der Waals surface area (Å²) < 4.78 is 11.2. The first-order valence-corrected chi connectivity index (χ1v) is 8.67. The van der Waals surface area contributed by atoms with Gasteiger partial charge in [-0.05, 0) is 51.3 Å². The van der Waals surface area contributed by atoms with Crippen LogP contribution in [0.3, 0.4) is 0 Å². The Morgan fingerprint density at radius 1 is 1.20 bits per heavy atom. The summed E-state index contributed by atoms with van der Waals surface area (Å²) in [4.78, 5) is 26.4. The van der Waals surface area contributed by atoms with Crippen LogP contribution in [0.15, 0.2) is 18.2 Å². The SMILES string of the molecule is CC1(C(=O)O)CCCN(C(=O)C(C)(C)c2ccc3c(c2)OCCO3)C1. The van der Waals surface area contributed by atoms with Crippen molar-refractivity contribution in [3.8, 4) is 11.5 Å². The van der Waals surface area contributed by atoms with Crippen LogP contribution < -0.4 is 9.47 Å². The Balaban J connectivity index is 1.84. The Morgan fingerprint density at radius 2 is 1.88 bits per heavy atom. The van der Waals surface area contributed by atoms with Crippen molar-refractivity contribution in [2.45, 2.75) is 39.0 Å². The van der Waals surface area contributed by atoms with E-state index in [1.165, 1.54) is 0 Å². The quantitative estimate of drug-likeness (QED) is 0.909. The molecule has 0 saturated carbocycles. The van der Waals surface area contributed by atoms with Gasteiger partial charge in [0.15, 0.2) is 11.5 Å². The van der Waals surface area contributed by atoms with Crippen molar-refractivity contribution < 1.29 is 24.2 Å². The molecule has 3 rings (SSSR count). The second-order valence-electron chi connectivity index (χ2n) is 7.68. The maximum atomic E-state index is 13.2. The fourth-order valence-corrected chi connectivity index (χ4v) is 3.54. The summed E-state index contributed by atoms with van der Waals surface area (Å²) in [5.41, 5.74) is -0.812. The molecule has 1 N–H and O–H groups in total. The zero-order chi connectivity index (χ0) is 18.2. The Morgan fingerprint density at radius 3 is 2.56 bits per heavy atom. The highest BCUT2D eigenvalue weighted by Gasteiger charge is 2.43. The van der Waals surface area contributed by atoms with E-state index >= 15 is 0 Å². The molecule has 0 spiro atoms. The lowest BCUT2D eigenvalue weighted by molar-refractivity contribution is -0.154. The van der Waals surface area contributed by atoms with E-state index in [1.54, 1.807) is 11.8 Å². The molecule has 1 atom stereocenters. The molecule has 6 nitrogen and oxygen atoms in total. The molecule has 0 aromatic heterocycles. The van der Waals surface area contributed by atoms with E-state index in [0.717, 1.165) is 5.56 Å². The smallest absolute Gasteiger partial charge is 0.311 e. The summed E-state index contributed by atoms with van der Waals surface area (Å²) in [7, 11) is 0. The van der Waals surface area contributed by atoms with Crippen molar-refractivity contribution in [1.82, 2.24) is 4.90 Å². The minimum Gasteiger partial charge on any atom is -0.486 e. The van der Waals surface area contributed by atoms with Gasteiger partial charge in [-0.15, -0.1) is 0 Å². The van der Waals surface area contributed by atoms with Gasteiger partial charge in [-0.2, -0.15) is 0 Å². The highest BCUT2D eigenvalue weighted by atomic mass is 16.6. The minimum atomic E-state index is -0.878. The number of carboxylic acids is 1. The van der Waals surface area contributed by atoms with Crippen molar-refractivity contribution in [3.05, 3.63) is 23.8 Å². The normalized spacial score (nSPS) is 23.2. The Kier molecular flexibility index (Phi) is 4.39. The van der Waals surface area contributed by atoms with Crippen LogP contribution in [0.2, 0.25) is 0 Å². The summed E-state index contributed by atoms with van der Waals surface area (Å²) >= 11 is 0. The molecule has 0 radical (unpaired) electrons. The van der Waals surface area contributed by atoms with Crippen LogP contribution in [0.5, 0.6) is 11.5 Å². The highest BCUT2D eigenvalue weighted by Crippen LogP contribution is 2.37. The molecular weight excluding hydrogens is 322 g/mol. The summed E-state index contributed by atoms with van der Waals surface area (Å²) in [6.07, 6.45) is 1.29. The zero-order valence-corrected chi connectivity index (χ0v) is 15.0. The summed E-state index contributed by atoms with van der Waals surface area (Å²) in [5.74, 6) is 0.437. The molecule has 1 amide bonds. The number of rotatable bonds is 3. The van der Waals surface area contributed by atoms with Gasteiger partial charge in [0.05, 0.1) is 10.8 Å². The largest absolute Gasteiger partial charge is 0.486 e. The number of carboxylic acid groups (broad SMARTS) is 1. The molecule has 1 unspecified atom stereocenters. The van der Waals surface area contributed by atoms with Crippen molar-refractivity contribution in [2.24, 2.45) is 5.41 Å². The van der Waals surface area contributed by atoms with Crippen molar-refractivity contribution in [2.75, 3.05) is 26.3 Å². The first-order valence-electron chi connectivity index (χ1n) is 8.67. The number of aliphatic carboxylic acids is 1. The number of hydrogen-bond donors (Lipinski definition) is 1. The Hall–Kier alpha value is -2.24. The molecule has 0 aliphatic carbocycles. The third-order valence-electron chi connectivity index (χ3n) is 5.30. The summed E-state index contributed by atoms with van der Waals surface area (Å²) in [6.45, 7) is 7.31. The second-order valence-corrected chi connectivity index (χ2v) is 7.68. The molecule has 2 heterocycles. The van der Waals surface area contributed by atoms with Crippen molar-refractivity contribution in [3.63, 3.8) is 0 Å². The molecule has 6 heteroatoms. The molecule has 2 aliphatic heterocycles. The zero-order valence-electron chi connectivity index (χ0n) is 15.0. The highest BCUT2D eigenvalue weighted by molar-refractivity contribution is 5.88. The van der Waals surface area contributed by atoms with E-state index in [4.69, 9.17) is 9.47 Å². The van der Waals surface area contributed by atoms with Crippen LogP contribution in [0.25, 0.3) is 0 Å². The van der Waals surface area contributed by atoms with E-state index < -0.39 is 16.8 Å². The summed E-state index contributed by atoms with van der Waals surface area (Å²) in [5, 5.41) is 9.48. The lowest BCUT2D eigenvalue weighted by atomic mass is 9.78. The average Bonchev–Trinajstić information content (AvgIpc) is 2.60. The first-order chi connectivity index (χ1) is 11.7. The molecule has 1 aromatic rings. The van der Waals surface area contributed by atoms with Crippen LogP contribution in [0, 0.1) is 5.41 Å². The van der Waals surface area contributed by atoms with Gasteiger partial charge < -0.3 is 19.5 Å². The van der Waals surface area contributed by atoms with E-state index in [9.17, 15) is 14.7 Å². The summed E-state index contributed by atoms with van der Waals surface area (Å²) in [6, 6.07) is 5.56. The molecule has 2 aliphatic rings. The van der Waals surface area contributed by atoms with Crippen LogP contribution in [-0.4, -0.2) is 48.2 Å². The predicted octanol–water partition coefficient (Wildman–Crippen LogP) is 2.45. The van der Waals surface area contributed by atoms with Gasteiger partial charge in [-0.3, -0.25) is 9.59 Å². The lowest BCUT2D eigenvalue weighted by Gasteiger charge is -2.41. The van der Waals surface area contributed by atoms with E-state index in [2.05, 4.69) is 0 Å². The lowest BCUT2D eigenvalue weighted by Crippen LogP contribution is -2.52. The molecule has 136 valence electrons. The van der Waals surface area contributed by atoms with Gasteiger partial charge in [0.25, 0.3) is 0 Å². The number of ether oxygens (including phenoxy) is 2. The third-order valence-corrected chi connectivity index (χ3v) is 5.30. The number of carbonyl (C=O) groups is 2. The maximum Gasteiger partial charge on any atom is 0.311 e. The molecule has 1 saturated heterocycles. The topological polar surface area (TPSA) is 76.1 Å². The molecular formula is C19H25NO5. The minimum absolute atomic E-state index is 0.0589. The Labute approximate surface area is 147 Å². The number of nitrogens with zero attached hydrogens (tertiary/aromatic N) is 1. The molecule has 1 aromatic carbocycles. The number of amides is 1. The average molecular weight is 347 g/mol. The van der Waals surface area contributed by atoms with Crippen molar-refractivity contribution >= 4 is 11.9 Å². The van der Waals surface area contributed by atoms with E-state index in [0.29, 0.717) is 44.1 Å². The fourth-order valence-electron chi connectivity index (χ4n) is 3.54. The van der Waals surface area contributed by atoms with E-state index in [1.807, 2.05) is 32.0 Å². The van der Waals surface area contributed by atoms with Gasteiger partial charge in [0.1, 0.15) is 13.2 Å². The number of carbonyl (C=O) groups excluding carboxylic acids is 1. The van der Waals surface area contributed by atoms with Crippen LogP contribution in [-0.2, 0) is 15.0 Å². The van der Waals surface area contributed by atoms with Crippen LogP contribution in [0.4, 0.5) is 0 Å². The number of piperidine rings is 1. The van der Waals surface area contributed by atoms with Crippen LogP contribution >= 0.6 is 0 Å². The van der Waals surface area contributed by atoms with Crippen LogP contribution in [0.1, 0.15) is 39.2 Å². The number of benzene rings is 1. The first kappa shape index (κ1) is 17.6. The Bertz CT molecular complexity index is 699. The van der Waals surface area contributed by atoms with Gasteiger partial charge >= 0.3 is 5.97 Å². The van der Waals surface area contributed by atoms with Crippen molar-refractivity contribution in [1.29, 1.82) is 0 Å². The van der Waals surface area contributed by atoms with Gasteiger partial charge in [-0.25, -0.2) is 0 Å². The van der Waals surface area contributed by atoms with Gasteiger partial charge in [0.2, 0.25) is 5.91 Å². The van der Waals surface area contributed by atoms with E-state index in [-0.39, 0.29) is 12.5 Å². The predicted molar refractivity (Wildman–Crippen MR) is 92.0 cm³/mol. The molecule has 1 fully saturated rings. The standard InChI is InChI=1S/C19H25NO5/c1-18(2,13-5-6-14-15(11-13)25-10-9-24-14)16(21)20-8-4-7-19(3,12-20)17(22)23/h5-6,11H,4,7-10,12H2,1-3H3,(H,22,23). The number of likely N-dealkylation sites (tertiary alicyclic amines) is 1. The van der Waals surface area contributed by atoms with Gasteiger partial charge in [0, 0.05) is 13.1 Å². The van der Waals surface area contributed by atoms with Gasteiger partial charge in [-0.1, -0.05) is 6.07 Å². The monoisotopic (exact) mass is 347 g/mol. The molecule has 25 heavy (non-hydrogen) atoms. The number of fused-ring (bicyclic) bond motifs is 1. The maximum absolute atomic E-state index is 13.2. The second kappa shape index (κ2) is 6.24. The third kappa shape index (κ3) is 3.17. The molecule has 0 bridgehead atoms. The number of hydrogen-bond acceptors (Lipinski definition) is 4.